The zero-order valence-corrected chi connectivity index (χ0v) is 12.4. The summed E-state index contributed by atoms with van der Waals surface area (Å²) in [7, 11) is 0. The van der Waals surface area contributed by atoms with Crippen LogP contribution in [0.25, 0.3) is 0 Å². The third kappa shape index (κ3) is 4.06. The smallest absolute Gasteiger partial charge is 0.126 e. The van der Waals surface area contributed by atoms with E-state index in [1.165, 1.54) is 6.07 Å². The fourth-order valence-electron chi connectivity index (χ4n) is 1.90. The van der Waals surface area contributed by atoms with E-state index in [2.05, 4.69) is 15.9 Å². The molecule has 0 aliphatic heterocycles. The van der Waals surface area contributed by atoms with E-state index in [9.17, 15) is 4.39 Å². The van der Waals surface area contributed by atoms with Crippen molar-refractivity contribution in [1.82, 2.24) is 0 Å². The second kappa shape index (κ2) is 6.71. The number of hydrogen-bond acceptors (Lipinski definition) is 1. The summed E-state index contributed by atoms with van der Waals surface area (Å²) in [5, 5.41) is 0. The van der Waals surface area contributed by atoms with Gasteiger partial charge in [-0.15, -0.1) is 0 Å². The number of para-hydroxylation sites is 1. The van der Waals surface area contributed by atoms with E-state index in [1.54, 1.807) is 6.07 Å². The Labute approximate surface area is 121 Å². The fourth-order valence-corrected chi connectivity index (χ4v) is 2.31. The summed E-state index contributed by atoms with van der Waals surface area (Å²) >= 11 is 3.35. The van der Waals surface area contributed by atoms with Crippen molar-refractivity contribution in [2.45, 2.75) is 19.8 Å². The Morgan fingerprint density at radius 3 is 2.74 bits per heavy atom. The van der Waals surface area contributed by atoms with E-state index < -0.39 is 0 Å². The first kappa shape index (κ1) is 14.1. The molecule has 0 spiro atoms. The van der Waals surface area contributed by atoms with E-state index in [0.29, 0.717) is 13.0 Å². The Morgan fingerprint density at radius 1 is 1.16 bits per heavy atom. The van der Waals surface area contributed by atoms with Crippen LogP contribution >= 0.6 is 15.9 Å². The van der Waals surface area contributed by atoms with E-state index in [1.807, 2.05) is 37.3 Å². The zero-order chi connectivity index (χ0) is 13.7. The van der Waals surface area contributed by atoms with Crippen LogP contribution in [0.1, 0.15) is 17.5 Å². The monoisotopic (exact) mass is 322 g/mol. The van der Waals surface area contributed by atoms with Gasteiger partial charge in [0.05, 0.1) is 6.61 Å². The van der Waals surface area contributed by atoms with E-state index in [0.717, 1.165) is 27.8 Å². The Kier molecular flexibility index (Phi) is 4.97. The van der Waals surface area contributed by atoms with Gasteiger partial charge in [0.2, 0.25) is 0 Å². The van der Waals surface area contributed by atoms with Gasteiger partial charge in [0, 0.05) is 4.47 Å². The van der Waals surface area contributed by atoms with Gasteiger partial charge in [0.25, 0.3) is 0 Å². The van der Waals surface area contributed by atoms with Crippen LogP contribution in [-0.2, 0) is 6.42 Å². The Morgan fingerprint density at radius 2 is 1.95 bits per heavy atom. The highest BCUT2D eigenvalue weighted by Crippen LogP contribution is 2.18. The molecule has 2 aromatic carbocycles. The first-order chi connectivity index (χ1) is 9.16. The van der Waals surface area contributed by atoms with Crippen LogP contribution in [0.3, 0.4) is 0 Å². The maximum atomic E-state index is 13.5. The van der Waals surface area contributed by atoms with Crippen molar-refractivity contribution in [2.24, 2.45) is 0 Å². The Hall–Kier alpha value is -1.35. The number of ether oxygens (including phenoxy) is 1. The SMILES string of the molecule is Cc1ccccc1OCCCc1cc(Br)ccc1F. The molecule has 3 heteroatoms. The molecule has 1 nitrogen and oxygen atoms in total. The molecular formula is C16H16BrFO. The summed E-state index contributed by atoms with van der Waals surface area (Å²) in [6.07, 6.45) is 1.47. The molecule has 0 radical (unpaired) electrons. The molecule has 0 saturated heterocycles. The number of rotatable bonds is 5. The second-order valence-corrected chi connectivity index (χ2v) is 5.37. The normalized spacial score (nSPS) is 10.5. The van der Waals surface area contributed by atoms with Crippen molar-refractivity contribution in [3.8, 4) is 5.75 Å². The lowest BCUT2D eigenvalue weighted by Gasteiger charge is -2.09. The average molecular weight is 323 g/mol. The molecule has 0 heterocycles. The minimum atomic E-state index is -0.154. The highest BCUT2D eigenvalue weighted by atomic mass is 79.9. The van der Waals surface area contributed by atoms with Crippen molar-refractivity contribution in [1.29, 1.82) is 0 Å². The van der Waals surface area contributed by atoms with E-state index in [4.69, 9.17) is 4.74 Å². The largest absolute Gasteiger partial charge is 0.493 e. The number of hydrogen-bond donors (Lipinski definition) is 0. The third-order valence-corrected chi connectivity index (χ3v) is 3.44. The number of aryl methyl sites for hydroxylation is 2. The van der Waals surface area contributed by atoms with Gasteiger partial charge < -0.3 is 4.74 Å². The van der Waals surface area contributed by atoms with E-state index in [-0.39, 0.29) is 5.82 Å². The highest BCUT2D eigenvalue weighted by molar-refractivity contribution is 9.10. The predicted molar refractivity (Wildman–Crippen MR) is 79.1 cm³/mol. The zero-order valence-electron chi connectivity index (χ0n) is 10.8. The average Bonchev–Trinajstić information content (AvgIpc) is 2.40. The van der Waals surface area contributed by atoms with Gasteiger partial charge in [-0.25, -0.2) is 4.39 Å². The van der Waals surface area contributed by atoms with Gasteiger partial charge >= 0.3 is 0 Å². The minimum absolute atomic E-state index is 0.154. The van der Waals surface area contributed by atoms with Crippen molar-refractivity contribution < 1.29 is 9.13 Å². The lowest BCUT2D eigenvalue weighted by atomic mass is 10.1. The summed E-state index contributed by atoms with van der Waals surface area (Å²) in [4.78, 5) is 0. The molecule has 2 rings (SSSR count). The maximum Gasteiger partial charge on any atom is 0.126 e. The van der Waals surface area contributed by atoms with Crippen molar-refractivity contribution >= 4 is 15.9 Å². The topological polar surface area (TPSA) is 9.23 Å². The number of benzene rings is 2. The molecule has 0 fully saturated rings. The standard InChI is InChI=1S/C16H16BrFO/c1-12-5-2-3-7-16(12)19-10-4-6-13-11-14(17)8-9-15(13)18/h2-3,5,7-9,11H,4,6,10H2,1H3. The van der Waals surface area contributed by atoms with Crippen LogP contribution in [-0.4, -0.2) is 6.61 Å². The van der Waals surface area contributed by atoms with Crippen LogP contribution in [0, 0.1) is 12.7 Å². The predicted octanol–water partition coefficient (Wildman–Crippen LogP) is 4.91. The van der Waals surface area contributed by atoms with Gasteiger partial charge in [-0.05, 0) is 55.2 Å². The van der Waals surface area contributed by atoms with Crippen LogP contribution < -0.4 is 4.74 Å². The summed E-state index contributed by atoms with van der Waals surface area (Å²) in [6, 6.07) is 12.9. The van der Waals surface area contributed by atoms with E-state index >= 15 is 0 Å². The van der Waals surface area contributed by atoms with Crippen molar-refractivity contribution in [2.75, 3.05) is 6.61 Å². The molecule has 19 heavy (non-hydrogen) atoms. The second-order valence-electron chi connectivity index (χ2n) is 4.45. The molecule has 0 aliphatic rings. The lowest BCUT2D eigenvalue weighted by Crippen LogP contribution is -2.01. The number of halogens is 2. The maximum absolute atomic E-state index is 13.5. The van der Waals surface area contributed by atoms with Crippen molar-refractivity contribution in [3.05, 3.63) is 63.9 Å². The van der Waals surface area contributed by atoms with Gasteiger partial charge in [-0.2, -0.15) is 0 Å². The molecule has 0 amide bonds. The Balaban J connectivity index is 1.84. The highest BCUT2D eigenvalue weighted by Gasteiger charge is 2.03. The molecule has 0 atom stereocenters. The summed E-state index contributed by atoms with van der Waals surface area (Å²) < 4.78 is 20.1. The first-order valence-corrected chi connectivity index (χ1v) is 7.08. The van der Waals surface area contributed by atoms with Crippen molar-refractivity contribution in [3.63, 3.8) is 0 Å². The van der Waals surface area contributed by atoms with Gasteiger partial charge in [0.1, 0.15) is 11.6 Å². The molecular weight excluding hydrogens is 307 g/mol. The molecule has 0 unspecified atom stereocenters. The first-order valence-electron chi connectivity index (χ1n) is 6.29. The van der Waals surface area contributed by atoms with Gasteiger partial charge in [-0.1, -0.05) is 34.1 Å². The van der Waals surface area contributed by atoms with Gasteiger partial charge in [-0.3, -0.25) is 0 Å². The summed E-state index contributed by atoms with van der Waals surface area (Å²) in [6.45, 7) is 2.61. The quantitative estimate of drug-likeness (QED) is 0.711. The lowest BCUT2D eigenvalue weighted by molar-refractivity contribution is 0.308. The fraction of sp³-hybridized carbons (Fsp3) is 0.250. The minimum Gasteiger partial charge on any atom is -0.493 e. The third-order valence-electron chi connectivity index (χ3n) is 2.95. The summed E-state index contributed by atoms with van der Waals surface area (Å²) in [5.74, 6) is 0.747. The molecule has 0 aliphatic carbocycles. The summed E-state index contributed by atoms with van der Waals surface area (Å²) in [5.41, 5.74) is 1.85. The van der Waals surface area contributed by atoms with Crippen LogP contribution in [0.5, 0.6) is 5.75 Å². The van der Waals surface area contributed by atoms with Crippen LogP contribution in [0.4, 0.5) is 4.39 Å². The molecule has 0 saturated carbocycles. The molecule has 0 aromatic heterocycles. The Bertz CT molecular complexity index is 554. The molecule has 0 N–H and O–H groups in total. The molecule has 100 valence electrons. The van der Waals surface area contributed by atoms with Crippen LogP contribution in [0.2, 0.25) is 0 Å². The molecule has 0 bridgehead atoms. The molecule has 2 aromatic rings. The van der Waals surface area contributed by atoms with Crippen LogP contribution in [0.15, 0.2) is 46.9 Å². The van der Waals surface area contributed by atoms with Gasteiger partial charge in [0.15, 0.2) is 0 Å².